The Morgan fingerprint density at radius 1 is 1.62 bits per heavy atom. The van der Waals surface area contributed by atoms with Crippen molar-refractivity contribution in [3.8, 4) is 0 Å². The summed E-state index contributed by atoms with van der Waals surface area (Å²) in [5, 5.41) is 12.2. The molecule has 2 rings (SSSR count). The van der Waals surface area contributed by atoms with Gasteiger partial charge in [-0.3, -0.25) is 0 Å². The molecule has 4 nitrogen and oxygen atoms in total. The fraction of sp³-hybridized carbons (Fsp3) is 0.200. The van der Waals surface area contributed by atoms with Crippen LogP contribution in [0.25, 0.3) is 0 Å². The number of aliphatic carboxylic acids is 1. The smallest absolute Gasteiger partial charge is 0.348 e. The van der Waals surface area contributed by atoms with Crippen LogP contribution < -0.4 is 0 Å². The van der Waals surface area contributed by atoms with Gasteiger partial charge >= 0.3 is 5.97 Å². The molecule has 0 bridgehead atoms. The Labute approximate surface area is 95.3 Å². The topological polar surface area (TPSA) is 58.9 Å². The first-order chi connectivity index (χ1) is 7.59. The Hall–Kier alpha value is -1.62. The Morgan fingerprint density at radius 2 is 2.38 bits per heavy atom. The first-order valence-corrected chi connectivity index (χ1v) is 4.87. The zero-order chi connectivity index (χ0) is 11.7. The molecule has 0 unspecified atom stereocenters. The number of halogens is 2. The molecule has 0 saturated heterocycles. The van der Waals surface area contributed by atoms with Crippen molar-refractivity contribution in [1.82, 2.24) is 0 Å². The quantitative estimate of drug-likeness (QED) is 0.865. The van der Waals surface area contributed by atoms with Gasteiger partial charge < -0.3 is 9.94 Å². The van der Waals surface area contributed by atoms with E-state index in [9.17, 15) is 9.18 Å². The van der Waals surface area contributed by atoms with Crippen LogP contribution >= 0.6 is 11.6 Å². The monoisotopic (exact) mass is 243 g/mol. The van der Waals surface area contributed by atoms with E-state index in [1.165, 1.54) is 12.1 Å². The molecule has 1 atom stereocenters. The average Bonchev–Trinajstić information content (AvgIpc) is 2.71. The molecule has 0 amide bonds. The third-order valence-electron chi connectivity index (χ3n) is 2.21. The summed E-state index contributed by atoms with van der Waals surface area (Å²) in [5.74, 6) is -1.74. The van der Waals surface area contributed by atoms with Gasteiger partial charge in [0.15, 0.2) is 5.82 Å². The minimum Gasteiger partial charge on any atom is -0.478 e. The van der Waals surface area contributed by atoms with Gasteiger partial charge in [0.05, 0.1) is 10.7 Å². The highest BCUT2D eigenvalue weighted by atomic mass is 35.5. The number of carbonyl (C=O) groups is 1. The van der Waals surface area contributed by atoms with Gasteiger partial charge in [-0.25, -0.2) is 9.18 Å². The maximum atomic E-state index is 13.6. The summed E-state index contributed by atoms with van der Waals surface area (Å²) in [5.41, 5.74) is 0.434. The molecule has 0 aliphatic carbocycles. The number of hydrogen-bond acceptors (Lipinski definition) is 3. The molecular weight excluding hydrogens is 237 g/mol. The second-order valence-electron chi connectivity index (χ2n) is 3.28. The Bertz CT molecular complexity index is 475. The fourth-order valence-electron chi connectivity index (χ4n) is 1.40. The van der Waals surface area contributed by atoms with Crippen LogP contribution in [-0.4, -0.2) is 22.9 Å². The molecule has 1 aromatic carbocycles. The van der Waals surface area contributed by atoms with Crippen molar-refractivity contribution in [1.29, 1.82) is 0 Å². The second kappa shape index (κ2) is 4.09. The molecule has 16 heavy (non-hydrogen) atoms. The van der Waals surface area contributed by atoms with Gasteiger partial charge in [-0.15, -0.1) is 0 Å². The zero-order valence-electron chi connectivity index (χ0n) is 7.98. The third-order valence-corrected chi connectivity index (χ3v) is 2.50. The highest BCUT2D eigenvalue weighted by molar-refractivity contribution is 6.31. The van der Waals surface area contributed by atoms with E-state index in [1.54, 1.807) is 6.07 Å². The first kappa shape index (κ1) is 10.9. The molecule has 0 radical (unpaired) electrons. The number of carboxylic acids is 1. The van der Waals surface area contributed by atoms with Crippen molar-refractivity contribution in [2.24, 2.45) is 5.16 Å². The van der Waals surface area contributed by atoms with E-state index in [4.69, 9.17) is 16.7 Å². The Kier molecular flexibility index (Phi) is 2.78. The third kappa shape index (κ3) is 1.86. The summed E-state index contributed by atoms with van der Waals surface area (Å²) in [4.78, 5) is 15.3. The van der Waals surface area contributed by atoms with Gasteiger partial charge in [0, 0.05) is 12.0 Å². The average molecular weight is 244 g/mol. The van der Waals surface area contributed by atoms with Gasteiger partial charge in [0.2, 0.25) is 6.10 Å². The van der Waals surface area contributed by atoms with Crippen LogP contribution in [-0.2, 0) is 9.63 Å². The molecule has 84 valence electrons. The predicted molar refractivity (Wildman–Crippen MR) is 55.1 cm³/mol. The van der Waals surface area contributed by atoms with Gasteiger partial charge in [0.1, 0.15) is 0 Å². The standard InChI is InChI=1S/C10H7ClFNO3/c11-6-3-1-2-5(9(6)12)7-4-8(10(14)15)16-13-7/h1-3,8H,4H2,(H,14,15)/t8-/m1/s1. The molecule has 0 aromatic heterocycles. The van der Waals surface area contributed by atoms with Crippen molar-refractivity contribution >= 4 is 23.3 Å². The summed E-state index contributed by atoms with van der Waals surface area (Å²) < 4.78 is 13.6. The summed E-state index contributed by atoms with van der Waals surface area (Å²) >= 11 is 5.60. The fourth-order valence-corrected chi connectivity index (χ4v) is 1.57. The molecule has 1 aliphatic rings. The number of rotatable bonds is 2. The number of benzene rings is 1. The lowest BCUT2D eigenvalue weighted by Gasteiger charge is -2.02. The molecule has 6 heteroatoms. The molecule has 1 aromatic rings. The van der Waals surface area contributed by atoms with Crippen LogP contribution in [0.15, 0.2) is 23.4 Å². The zero-order valence-corrected chi connectivity index (χ0v) is 8.74. The summed E-state index contributed by atoms with van der Waals surface area (Å²) in [6.07, 6.45) is -1.01. The lowest BCUT2D eigenvalue weighted by Crippen LogP contribution is -2.20. The van der Waals surface area contributed by atoms with Crippen LogP contribution in [0.5, 0.6) is 0 Å². The summed E-state index contributed by atoms with van der Waals surface area (Å²) in [6, 6.07) is 4.45. The van der Waals surface area contributed by atoms with Crippen molar-refractivity contribution in [3.05, 3.63) is 34.6 Å². The maximum Gasteiger partial charge on any atom is 0.348 e. The normalized spacial score (nSPS) is 19.1. The Balaban J connectivity index is 2.27. The minimum atomic E-state index is -1.12. The molecular formula is C10H7ClFNO3. The van der Waals surface area contributed by atoms with E-state index in [0.717, 1.165) is 0 Å². The highest BCUT2D eigenvalue weighted by Crippen LogP contribution is 2.23. The molecule has 1 heterocycles. The van der Waals surface area contributed by atoms with Crippen molar-refractivity contribution < 1.29 is 19.1 Å². The molecule has 0 fully saturated rings. The van der Waals surface area contributed by atoms with Gasteiger partial charge in [-0.2, -0.15) is 0 Å². The summed E-state index contributed by atoms with van der Waals surface area (Å²) in [6.45, 7) is 0. The van der Waals surface area contributed by atoms with Crippen molar-refractivity contribution in [2.75, 3.05) is 0 Å². The predicted octanol–water partition coefficient (Wildman–Crippen LogP) is 2.06. The van der Waals surface area contributed by atoms with Crippen molar-refractivity contribution in [3.63, 3.8) is 0 Å². The lowest BCUT2D eigenvalue weighted by molar-refractivity contribution is -0.148. The van der Waals surface area contributed by atoms with Gasteiger partial charge in [-0.05, 0) is 12.1 Å². The molecule has 0 saturated carbocycles. The van der Waals surface area contributed by atoms with E-state index < -0.39 is 17.9 Å². The number of hydrogen-bond donors (Lipinski definition) is 1. The summed E-state index contributed by atoms with van der Waals surface area (Å²) in [7, 11) is 0. The van der Waals surface area contributed by atoms with Crippen LogP contribution in [0.3, 0.4) is 0 Å². The largest absolute Gasteiger partial charge is 0.478 e. The van der Waals surface area contributed by atoms with E-state index >= 15 is 0 Å². The number of oxime groups is 1. The SMILES string of the molecule is O=C(O)[C@H]1CC(c2cccc(Cl)c2F)=NO1. The van der Waals surface area contributed by atoms with Gasteiger partial charge in [0.25, 0.3) is 0 Å². The van der Waals surface area contributed by atoms with Crippen LogP contribution in [0.1, 0.15) is 12.0 Å². The Morgan fingerprint density at radius 3 is 3.00 bits per heavy atom. The molecule has 1 aliphatic heterocycles. The van der Waals surface area contributed by atoms with Crippen LogP contribution in [0.2, 0.25) is 5.02 Å². The van der Waals surface area contributed by atoms with Crippen molar-refractivity contribution in [2.45, 2.75) is 12.5 Å². The second-order valence-corrected chi connectivity index (χ2v) is 3.68. The number of nitrogens with zero attached hydrogens (tertiary/aromatic N) is 1. The molecule has 0 spiro atoms. The van der Waals surface area contributed by atoms with E-state index in [-0.39, 0.29) is 22.7 Å². The van der Waals surface area contributed by atoms with E-state index in [2.05, 4.69) is 9.99 Å². The maximum absolute atomic E-state index is 13.6. The lowest BCUT2D eigenvalue weighted by atomic mass is 10.0. The van der Waals surface area contributed by atoms with Crippen LogP contribution in [0, 0.1) is 5.82 Å². The first-order valence-electron chi connectivity index (χ1n) is 4.49. The minimum absolute atomic E-state index is 0.0287. The van der Waals surface area contributed by atoms with E-state index in [0.29, 0.717) is 0 Å². The molecule has 1 N–H and O–H groups in total. The van der Waals surface area contributed by atoms with Crippen LogP contribution in [0.4, 0.5) is 4.39 Å². The van der Waals surface area contributed by atoms with E-state index in [1.807, 2.05) is 0 Å². The van der Waals surface area contributed by atoms with Gasteiger partial charge in [-0.1, -0.05) is 22.8 Å². The highest BCUT2D eigenvalue weighted by Gasteiger charge is 2.29. The number of carboxylic acid groups (broad SMARTS) is 1.